The zero-order valence-corrected chi connectivity index (χ0v) is 15.1. The lowest BCUT2D eigenvalue weighted by molar-refractivity contribution is 0.684. The Hall–Kier alpha value is -0.290. The van der Waals surface area contributed by atoms with E-state index in [1.54, 1.807) is 0 Å². The van der Waals surface area contributed by atoms with E-state index in [0.29, 0.717) is 5.92 Å². The Labute approximate surface area is 140 Å². The van der Waals surface area contributed by atoms with Gasteiger partial charge in [-0.05, 0) is 41.6 Å². The SMILES string of the molecule is CNc1nc(CSC2CCCC2)nc(C2CCCC2)c1Br. The molecule has 0 bridgehead atoms. The van der Waals surface area contributed by atoms with E-state index in [1.165, 1.54) is 57.1 Å². The molecule has 5 heteroatoms. The van der Waals surface area contributed by atoms with E-state index in [0.717, 1.165) is 27.1 Å². The molecule has 1 N–H and O–H groups in total. The molecule has 0 amide bonds. The van der Waals surface area contributed by atoms with Crippen molar-refractivity contribution >= 4 is 33.5 Å². The molecule has 3 nitrogen and oxygen atoms in total. The summed E-state index contributed by atoms with van der Waals surface area (Å²) in [5, 5.41) is 4.04. The Bertz CT molecular complexity index is 483. The third-order valence-corrected chi connectivity index (χ3v) is 6.80. The topological polar surface area (TPSA) is 37.8 Å². The van der Waals surface area contributed by atoms with Gasteiger partial charge in [-0.2, -0.15) is 11.8 Å². The van der Waals surface area contributed by atoms with Gasteiger partial charge in [0.25, 0.3) is 0 Å². The largest absolute Gasteiger partial charge is 0.372 e. The van der Waals surface area contributed by atoms with Gasteiger partial charge in [0.1, 0.15) is 11.6 Å². The zero-order valence-electron chi connectivity index (χ0n) is 12.7. The van der Waals surface area contributed by atoms with Gasteiger partial charge in [-0.25, -0.2) is 9.97 Å². The first-order chi connectivity index (χ1) is 10.3. The molecular formula is C16H24BrN3S. The normalized spacial score (nSPS) is 20.3. The number of hydrogen-bond donors (Lipinski definition) is 1. The molecule has 3 rings (SSSR count). The van der Waals surface area contributed by atoms with Gasteiger partial charge in [0, 0.05) is 18.2 Å². The summed E-state index contributed by atoms with van der Waals surface area (Å²) in [5.74, 6) is 3.52. The maximum Gasteiger partial charge on any atom is 0.144 e. The second-order valence-electron chi connectivity index (χ2n) is 6.14. The van der Waals surface area contributed by atoms with Gasteiger partial charge in [-0.15, -0.1) is 0 Å². The minimum atomic E-state index is 0.615. The van der Waals surface area contributed by atoms with Crippen molar-refractivity contribution in [3.05, 3.63) is 16.0 Å². The van der Waals surface area contributed by atoms with Crippen LogP contribution in [-0.2, 0) is 5.75 Å². The Morgan fingerprint density at radius 1 is 1.10 bits per heavy atom. The molecule has 2 aliphatic rings. The highest BCUT2D eigenvalue weighted by Crippen LogP contribution is 2.39. The molecule has 0 spiro atoms. The predicted molar refractivity (Wildman–Crippen MR) is 94.0 cm³/mol. The lowest BCUT2D eigenvalue weighted by atomic mass is 10.0. The van der Waals surface area contributed by atoms with Crippen molar-refractivity contribution < 1.29 is 0 Å². The van der Waals surface area contributed by atoms with Crippen LogP contribution in [0.25, 0.3) is 0 Å². The van der Waals surface area contributed by atoms with Crippen molar-refractivity contribution in [1.82, 2.24) is 9.97 Å². The molecule has 0 atom stereocenters. The lowest BCUT2D eigenvalue weighted by Crippen LogP contribution is -2.08. The highest BCUT2D eigenvalue weighted by Gasteiger charge is 2.24. The van der Waals surface area contributed by atoms with Gasteiger partial charge in [-0.3, -0.25) is 0 Å². The van der Waals surface area contributed by atoms with Crippen LogP contribution in [0.5, 0.6) is 0 Å². The van der Waals surface area contributed by atoms with Gasteiger partial charge >= 0.3 is 0 Å². The smallest absolute Gasteiger partial charge is 0.144 e. The molecule has 1 aromatic rings. The quantitative estimate of drug-likeness (QED) is 0.781. The molecule has 0 unspecified atom stereocenters. The standard InChI is InChI=1S/C16H24BrN3S/c1-18-16-14(17)15(11-6-2-3-7-11)19-13(20-16)10-21-12-8-4-5-9-12/h11-12H,2-10H2,1H3,(H,18,19,20). The van der Waals surface area contributed by atoms with Gasteiger partial charge < -0.3 is 5.32 Å². The number of anilines is 1. The lowest BCUT2D eigenvalue weighted by Gasteiger charge is -2.16. The highest BCUT2D eigenvalue weighted by atomic mass is 79.9. The Kier molecular flexibility index (Phi) is 5.43. The number of rotatable bonds is 5. The molecule has 1 aromatic heterocycles. The molecule has 2 saturated carbocycles. The van der Waals surface area contributed by atoms with Gasteiger partial charge in [0.15, 0.2) is 0 Å². The average Bonchev–Trinajstić information content (AvgIpc) is 3.19. The van der Waals surface area contributed by atoms with Crippen LogP contribution >= 0.6 is 27.7 Å². The Morgan fingerprint density at radius 3 is 2.43 bits per heavy atom. The fourth-order valence-electron chi connectivity index (χ4n) is 3.46. The summed E-state index contributed by atoms with van der Waals surface area (Å²) < 4.78 is 1.08. The number of halogens is 1. The zero-order chi connectivity index (χ0) is 14.7. The monoisotopic (exact) mass is 369 g/mol. The highest BCUT2D eigenvalue weighted by molar-refractivity contribution is 9.10. The average molecular weight is 370 g/mol. The van der Waals surface area contributed by atoms with E-state index < -0.39 is 0 Å². The molecule has 0 aromatic carbocycles. The van der Waals surface area contributed by atoms with Crippen LogP contribution in [0.15, 0.2) is 4.47 Å². The minimum absolute atomic E-state index is 0.615. The van der Waals surface area contributed by atoms with Crippen LogP contribution in [0.2, 0.25) is 0 Å². The van der Waals surface area contributed by atoms with Crippen molar-refractivity contribution in [2.24, 2.45) is 0 Å². The number of nitrogens with zero attached hydrogens (tertiary/aromatic N) is 2. The molecule has 2 fully saturated rings. The Balaban J connectivity index is 1.77. The molecule has 0 aliphatic heterocycles. The van der Waals surface area contributed by atoms with Crippen molar-refractivity contribution in [2.75, 3.05) is 12.4 Å². The predicted octanol–water partition coefficient (Wildman–Crippen LogP) is 5.11. The summed E-state index contributed by atoms with van der Waals surface area (Å²) in [6.07, 6.45) is 10.7. The van der Waals surface area contributed by atoms with Crippen LogP contribution in [0.3, 0.4) is 0 Å². The summed E-state index contributed by atoms with van der Waals surface area (Å²) >= 11 is 5.75. The van der Waals surface area contributed by atoms with E-state index in [-0.39, 0.29) is 0 Å². The van der Waals surface area contributed by atoms with Crippen LogP contribution in [0.4, 0.5) is 5.82 Å². The Morgan fingerprint density at radius 2 is 1.76 bits per heavy atom. The van der Waals surface area contributed by atoms with Crippen LogP contribution in [0, 0.1) is 0 Å². The fourth-order valence-corrected chi connectivity index (χ4v) is 5.34. The van der Waals surface area contributed by atoms with Crippen LogP contribution in [-0.4, -0.2) is 22.3 Å². The minimum Gasteiger partial charge on any atom is -0.372 e. The van der Waals surface area contributed by atoms with Crippen LogP contribution in [0.1, 0.15) is 68.8 Å². The van der Waals surface area contributed by atoms with E-state index in [1.807, 2.05) is 18.8 Å². The number of hydrogen-bond acceptors (Lipinski definition) is 4. The third kappa shape index (κ3) is 3.73. The second-order valence-corrected chi connectivity index (χ2v) is 8.22. The van der Waals surface area contributed by atoms with Gasteiger partial charge in [0.05, 0.1) is 15.9 Å². The van der Waals surface area contributed by atoms with E-state index in [4.69, 9.17) is 9.97 Å². The second kappa shape index (κ2) is 7.32. The molecule has 0 saturated heterocycles. The first kappa shape index (κ1) is 15.6. The van der Waals surface area contributed by atoms with Gasteiger partial charge in [-0.1, -0.05) is 25.7 Å². The van der Waals surface area contributed by atoms with E-state index >= 15 is 0 Å². The summed E-state index contributed by atoms with van der Waals surface area (Å²) in [7, 11) is 1.94. The summed E-state index contributed by atoms with van der Waals surface area (Å²) in [6, 6.07) is 0. The fraction of sp³-hybridized carbons (Fsp3) is 0.750. The molecular weight excluding hydrogens is 346 g/mol. The van der Waals surface area contributed by atoms with Crippen molar-refractivity contribution in [2.45, 2.75) is 68.3 Å². The summed E-state index contributed by atoms with van der Waals surface area (Å²) in [4.78, 5) is 9.60. The summed E-state index contributed by atoms with van der Waals surface area (Å²) in [6.45, 7) is 0. The number of nitrogens with one attached hydrogen (secondary N) is 1. The molecule has 21 heavy (non-hydrogen) atoms. The van der Waals surface area contributed by atoms with Gasteiger partial charge in [0.2, 0.25) is 0 Å². The molecule has 0 radical (unpaired) electrons. The number of aromatic nitrogens is 2. The summed E-state index contributed by atoms with van der Waals surface area (Å²) in [5.41, 5.74) is 1.23. The number of thioether (sulfide) groups is 1. The van der Waals surface area contributed by atoms with Crippen LogP contribution < -0.4 is 5.32 Å². The first-order valence-electron chi connectivity index (χ1n) is 8.13. The molecule has 116 valence electrons. The van der Waals surface area contributed by atoms with E-state index in [2.05, 4.69) is 21.2 Å². The maximum absolute atomic E-state index is 4.91. The molecule has 2 aliphatic carbocycles. The molecule has 1 heterocycles. The van der Waals surface area contributed by atoms with E-state index in [9.17, 15) is 0 Å². The first-order valence-corrected chi connectivity index (χ1v) is 9.97. The third-order valence-electron chi connectivity index (χ3n) is 4.65. The van der Waals surface area contributed by atoms with Crippen molar-refractivity contribution in [1.29, 1.82) is 0 Å². The maximum atomic E-state index is 4.91. The van der Waals surface area contributed by atoms with Crippen molar-refractivity contribution in [3.8, 4) is 0 Å². The van der Waals surface area contributed by atoms with Crippen molar-refractivity contribution in [3.63, 3.8) is 0 Å².